The van der Waals surface area contributed by atoms with Crippen molar-refractivity contribution in [1.29, 1.82) is 0 Å². The van der Waals surface area contributed by atoms with Crippen molar-refractivity contribution in [3.8, 4) is 22.8 Å². The van der Waals surface area contributed by atoms with Gasteiger partial charge in [0.1, 0.15) is 17.8 Å². The first-order chi connectivity index (χ1) is 11.5. The van der Waals surface area contributed by atoms with Gasteiger partial charge in [0.05, 0.1) is 38.0 Å². The first-order valence-electron chi connectivity index (χ1n) is 7.21. The fourth-order valence-electron chi connectivity index (χ4n) is 2.79. The average molecular weight is 328 g/mol. The summed E-state index contributed by atoms with van der Waals surface area (Å²) in [4.78, 5) is 24.3. The Balaban J connectivity index is 2.30. The minimum atomic E-state index is -0.652. The molecule has 0 N–H and O–H groups in total. The lowest BCUT2D eigenvalue weighted by molar-refractivity contribution is -0.111. The molecule has 0 fully saturated rings. The van der Waals surface area contributed by atoms with E-state index in [0.717, 1.165) is 11.6 Å². The highest BCUT2D eigenvalue weighted by atomic mass is 16.5. The number of carbonyl (C=O) groups is 2. The standard InChI is InChI=1S/C18H16O6/c1-9-5-10(17(23-4)14(6-9)22-3)18-15-11(8-24-18)13(21-2)7-12(19)16(15)20/h5-8H,1-4H3. The topological polar surface area (TPSA) is 75.0 Å². The molecule has 3 rings (SSSR count). The highest BCUT2D eigenvalue weighted by Crippen LogP contribution is 2.43. The number of rotatable bonds is 4. The van der Waals surface area contributed by atoms with Crippen LogP contribution in [0, 0.1) is 6.92 Å². The van der Waals surface area contributed by atoms with Crippen molar-refractivity contribution in [2.45, 2.75) is 6.92 Å². The van der Waals surface area contributed by atoms with Crippen molar-refractivity contribution < 1.29 is 28.2 Å². The van der Waals surface area contributed by atoms with Gasteiger partial charge in [-0.15, -0.1) is 0 Å². The Hall–Kier alpha value is -3.02. The van der Waals surface area contributed by atoms with E-state index in [1.165, 1.54) is 27.6 Å². The van der Waals surface area contributed by atoms with Crippen LogP contribution >= 0.6 is 0 Å². The SMILES string of the molecule is COC1=CC(=O)C(=O)c2c1coc2-c1cc(C)cc(OC)c1OC. The number of hydrogen-bond acceptors (Lipinski definition) is 6. The Kier molecular flexibility index (Phi) is 3.89. The number of methoxy groups -OCH3 is 3. The summed E-state index contributed by atoms with van der Waals surface area (Å²) in [6.45, 7) is 1.88. The highest BCUT2D eigenvalue weighted by Gasteiger charge is 2.34. The van der Waals surface area contributed by atoms with E-state index in [1.54, 1.807) is 0 Å². The van der Waals surface area contributed by atoms with Gasteiger partial charge in [0.2, 0.25) is 11.6 Å². The summed E-state index contributed by atoms with van der Waals surface area (Å²) >= 11 is 0. The molecule has 1 aliphatic carbocycles. The molecule has 124 valence electrons. The van der Waals surface area contributed by atoms with Crippen molar-refractivity contribution in [2.75, 3.05) is 21.3 Å². The maximum absolute atomic E-state index is 12.4. The molecule has 0 unspecified atom stereocenters. The Labute approximate surface area is 138 Å². The number of fused-ring (bicyclic) bond motifs is 1. The fourth-order valence-corrected chi connectivity index (χ4v) is 2.79. The second-order valence-corrected chi connectivity index (χ2v) is 5.31. The second-order valence-electron chi connectivity index (χ2n) is 5.31. The van der Waals surface area contributed by atoms with Gasteiger partial charge < -0.3 is 18.6 Å². The van der Waals surface area contributed by atoms with Gasteiger partial charge in [-0.3, -0.25) is 9.59 Å². The zero-order valence-corrected chi connectivity index (χ0v) is 13.8. The second kappa shape index (κ2) is 5.88. The van der Waals surface area contributed by atoms with E-state index in [4.69, 9.17) is 18.6 Å². The van der Waals surface area contributed by atoms with Crippen LogP contribution in [0.3, 0.4) is 0 Å². The van der Waals surface area contributed by atoms with Gasteiger partial charge >= 0.3 is 0 Å². The van der Waals surface area contributed by atoms with E-state index < -0.39 is 11.6 Å². The highest BCUT2D eigenvalue weighted by molar-refractivity contribution is 6.51. The number of furan rings is 1. The van der Waals surface area contributed by atoms with Gasteiger partial charge in [0.25, 0.3) is 0 Å². The number of aryl methyl sites for hydroxylation is 1. The number of benzene rings is 1. The van der Waals surface area contributed by atoms with Crippen LogP contribution in [0.2, 0.25) is 0 Å². The molecule has 1 aromatic carbocycles. The van der Waals surface area contributed by atoms with E-state index in [2.05, 4.69) is 0 Å². The van der Waals surface area contributed by atoms with E-state index in [0.29, 0.717) is 28.4 Å². The molecule has 0 amide bonds. The number of allylic oxidation sites excluding steroid dienone is 1. The lowest BCUT2D eigenvalue weighted by Gasteiger charge is -2.15. The first kappa shape index (κ1) is 15.9. The zero-order valence-electron chi connectivity index (χ0n) is 13.8. The predicted octanol–water partition coefficient (Wildman–Crippen LogP) is 3.02. The van der Waals surface area contributed by atoms with Crippen LogP contribution in [-0.4, -0.2) is 32.9 Å². The van der Waals surface area contributed by atoms with E-state index >= 15 is 0 Å². The molecule has 0 spiro atoms. The Morgan fingerprint density at radius 3 is 2.33 bits per heavy atom. The van der Waals surface area contributed by atoms with Crippen LogP contribution in [0.1, 0.15) is 21.5 Å². The summed E-state index contributed by atoms with van der Waals surface area (Å²) in [7, 11) is 4.46. The third-order valence-electron chi connectivity index (χ3n) is 3.86. The van der Waals surface area contributed by atoms with Gasteiger partial charge in [-0.05, 0) is 24.6 Å². The monoisotopic (exact) mass is 328 g/mol. The molecular weight excluding hydrogens is 312 g/mol. The molecule has 1 aromatic heterocycles. The lowest BCUT2D eigenvalue weighted by atomic mass is 9.93. The minimum absolute atomic E-state index is 0.172. The Morgan fingerprint density at radius 1 is 0.958 bits per heavy atom. The molecule has 1 heterocycles. The number of carbonyl (C=O) groups excluding carboxylic acids is 2. The molecule has 24 heavy (non-hydrogen) atoms. The smallest absolute Gasteiger partial charge is 0.237 e. The van der Waals surface area contributed by atoms with Crippen LogP contribution in [0.15, 0.2) is 28.9 Å². The summed E-state index contributed by atoms with van der Waals surface area (Å²) in [6, 6.07) is 3.62. The summed E-state index contributed by atoms with van der Waals surface area (Å²) < 4.78 is 21.6. The molecular formula is C18H16O6. The number of ketones is 2. The van der Waals surface area contributed by atoms with Crippen molar-refractivity contribution in [3.63, 3.8) is 0 Å². The van der Waals surface area contributed by atoms with Crippen LogP contribution < -0.4 is 9.47 Å². The predicted molar refractivity (Wildman–Crippen MR) is 86.3 cm³/mol. The number of Topliss-reactive ketones (excluding diaryl/α,β-unsaturated/α-hetero) is 1. The molecule has 0 radical (unpaired) electrons. The summed E-state index contributed by atoms with van der Waals surface area (Å²) in [6.07, 6.45) is 2.57. The molecule has 0 bridgehead atoms. The van der Waals surface area contributed by atoms with Crippen LogP contribution in [-0.2, 0) is 9.53 Å². The molecule has 0 saturated heterocycles. The third kappa shape index (κ3) is 2.27. The maximum Gasteiger partial charge on any atom is 0.237 e. The van der Waals surface area contributed by atoms with Crippen LogP contribution in [0.25, 0.3) is 17.1 Å². The van der Waals surface area contributed by atoms with E-state index in [1.807, 2.05) is 19.1 Å². The number of hydrogen-bond donors (Lipinski definition) is 0. The van der Waals surface area contributed by atoms with Crippen molar-refractivity contribution in [3.05, 3.63) is 41.2 Å². The third-order valence-corrected chi connectivity index (χ3v) is 3.86. The van der Waals surface area contributed by atoms with Gasteiger partial charge in [0, 0.05) is 6.08 Å². The Bertz CT molecular complexity index is 872. The molecule has 6 nitrogen and oxygen atoms in total. The van der Waals surface area contributed by atoms with Crippen molar-refractivity contribution in [1.82, 2.24) is 0 Å². The quantitative estimate of drug-likeness (QED) is 0.803. The van der Waals surface area contributed by atoms with Crippen LogP contribution in [0.5, 0.6) is 11.5 Å². The summed E-state index contributed by atoms with van der Waals surface area (Å²) in [5, 5.41) is 0. The average Bonchev–Trinajstić information content (AvgIpc) is 3.02. The van der Waals surface area contributed by atoms with E-state index in [-0.39, 0.29) is 11.3 Å². The summed E-state index contributed by atoms with van der Waals surface area (Å²) in [5.74, 6) is 0.189. The van der Waals surface area contributed by atoms with Gasteiger partial charge in [-0.2, -0.15) is 0 Å². The normalized spacial score (nSPS) is 13.4. The largest absolute Gasteiger partial charge is 0.496 e. The Morgan fingerprint density at radius 2 is 1.71 bits per heavy atom. The van der Waals surface area contributed by atoms with Crippen LogP contribution in [0.4, 0.5) is 0 Å². The molecule has 0 atom stereocenters. The maximum atomic E-state index is 12.4. The van der Waals surface area contributed by atoms with E-state index in [9.17, 15) is 9.59 Å². The fraction of sp³-hybridized carbons (Fsp3) is 0.222. The molecule has 0 saturated carbocycles. The minimum Gasteiger partial charge on any atom is -0.496 e. The molecule has 2 aromatic rings. The lowest BCUT2D eigenvalue weighted by Crippen LogP contribution is -2.18. The molecule has 6 heteroatoms. The molecule has 1 aliphatic rings. The van der Waals surface area contributed by atoms with Gasteiger partial charge in [0.15, 0.2) is 11.5 Å². The first-order valence-corrected chi connectivity index (χ1v) is 7.21. The van der Waals surface area contributed by atoms with Gasteiger partial charge in [-0.1, -0.05) is 0 Å². The molecule has 0 aliphatic heterocycles. The van der Waals surface area contributed by atoms with Crippen molar-refractivity contribution >= 4 is 17.3 Å². The van der Waals surface area contributed by atoms with Crippen molar-refractivity contribution in [2.24, 2.45) is 0 Å². The zero-order chi connectivity index (χ0) is 17.4. The number of ether oxygens (including phenoxy) is 3. The van der Waals surface area contributed by atoms with Gasteiger partial charge in [-0.25, -0.2) is 0 Å². The summed E-state index contributed by atoms with van der Waals surface area (Å²) in [5.41, 5.74) is 2.05.